The van der Waals surface area contributed by atoms with E-state index in [1.807, 2.05) is 28.8 Å². The van der Waals surface area contributed by atoms with Crippen molar-refractivity contribution in [1.29, 1.82) is 0 Å². The molecule has 1 aromatic rings. The maximum Gasteiger partial charge on any atom is 0.274 e. The third-order valence-electron chi connectivity index (χ3n) is 5.63. The van der Waals surface area contributed by atoms with Crippen LogP contribution in [0.5, 0.6) is 0 Å². The first-order chi connectivity index (χ1) is 10.9. The summed E-state index contributed by atoms with van der Waals surface area (Å²) in [6.45, 7) is 6.84. The number of likely N-dealkylation sites (tertiary alicyclic amines) is 1. The van der Waals surface area contributed by atoms with Crippen molar-refractivity contribution in [2.45, 2.75) is 77.0 Å². The smallest absolute Gasteiger partial charge is 0.274 e. The van der Waals surface area contributed by atoms with Gasteiger partial charge in [-0.2, -0.15) is 5.10 Å². The Labute approximate surface area is 138 Å². The lowest BCUT2D eigenvalue weighted by Gasteiger charge is -2.43. The summed E-state index contributed by atoms with van der Waals surface area (Å²) in [7, 11) is 0. The van der Waals surface area contributed by atoms with Gasteiger partial charge in [-0.1, -0.05) is 12.8 Å². The van der Waals surface area contributed by atoms with E-state index in [-0.39, 0.29) is 23.9 Å². The van der Waals surface area contributed by atoms with Gasteiger partial charge in [-0.15, -0.1) is 0 Å². The summed E-state index contributed by atoms with van der Waals surface area (Å²) in [5, 5.41) is 15.2. The second-order valence-electron chi connectivity index (χ2n) is 7.69. The molecule has 1 saturated heterocycles. The van der Waals surface area contributed by atoms with Crippen LogP contribution in [0.4, 0.5) is 0 Å². The van der Waals surface area contributed by atoms with E-state index in [1.165, 1.54) is 0 Å². The fourth-order valence-electron chi connectivity index (χ4n) is 4.30. The van der Waals surface area contributed by atoms with Crippen molar-refractivity contribution in [2.24, 2.45) is 5.92 Å². The van der Waals surface area contributed by atoms with Gasteiger partial charge in [0.25, 0.3) is 5.91 Å². The highest BCUT2D eigenvalue weighted by molar-refractivity contribution is 5.92. The molecule has 5 nitrogen and oxygen atoms in total. The number of hydrogen-bond acceptors (Lipinski definition) is 3. The summed E-state index contributed by atoms with van der Waals surface area (Å²) >= 11 is 0. The number of nitrogens with zero attached hydrogens (tertiary/aromatic N) is 3. The second-order valence-corrected chi connectivity index (χ2v) is 7.69. The first-order valence-corrected chi connectivity index (χ1v) is 8.98. The van der Waals surface area contributed by atoms with E-state index in [9.17, 15) is 9.90 Å². The molecule has 0 radical (unpaired) electrons. The first-order valence-electron chi connectivity index (χ1n) is 8.98. The molecule has 3 rings (SSSR count). The van der Waals surface area contributed by atoms with Crippen molar-refractivity contribution < 1.29 is 9.90 Å². The molecule has 1 aromatic heterocycles. The van der Waals surface area contributed by atoms with E-state index < -0.39 is 5.60 Å². The lowest BCUT2D eigenvalue weighted by Crippen LogP contribution is -2.50. The third-order valence-corrected chi connectivity index (χ3v) is 5.63. The summed E-state index contributed by atoms with van der Waals surface area (Å²) in [6, 6.07) is 2.23. The lowest BCUT2D eigenvalue weighted by atomic mass is 9.72. The molecule has 0 bridgehead atoms. The molecule has 1 saturated carbocycles. The Morgan fingerprint density at radius 2 is 2.13 bits per heavy atom. The third kappa shape index (κ3) is 3.16. The maximum absolute atomic E-state index is 12.9. The highest BCUT2D eigenvalue weighted by atomic mass is 16.3. The molecule has 1 amide bonds. The monoisotopic (exact) mass is 319 g/mol. The molecule has 1 N–H and O–H groups in total. The van der Waals surface area contributed by atoms with E-state index in [0.717, 1.165) is 45.1 Å². The van der Waals surface area contributed by atoms with Gasteiger partial charge in [0.1, 0.15) is 5.69 Å². The van der Waals surface area contributed by atoms with E-state index in [1.54, 1.807) is 0 Å². The zero-order valence-electron chi connectivity index (χ0n) is 14.5. The average molecular weight is 319 g/mol. The zero-order valence-corrected chi connectivity index (χ0v) is 14.5. The Morgan fingerprint density at radius 3 is 2.78 bits per heavy atom. The number of carbonyl (C=O) groups is 1. The first kappa shape index (κ1) is 16.5. The van der Waals surface area contributed by atoms with Gasteiger partial charge in [0.05, 0.1) is 5.60 Å². The van der Waals surface area contributed by atoms with Crippen LogP contribution in [-0.4, -0.2) is 43.9 Å². The molecule has 0 aromatic carbocycles. The molecule has 1 aliphatic carbocycles. The molecule has 128 valence electrons. The highest BCUT2D eigenvalue weighted by Crippen LogP contribution is 2.41. The minimum absolute atomic E-state index is 0.0215. The van der Waals surface area contributed by atoms with Crippen LogP contribution in [0.1, 0.15) is 75.8 Å². The number of carbonyl (C=O) groups excluding carboxylic acids is 1. The summed E-state index contributed by atoms with van der Waals surface area (Å²) in [5.41, 5.74) is -0.121. The molecule has 0 spiro atoms. The number of rotatable bonds is 3. The molecule has 3 unspecified atom stereocenters. The van der Waals surface area contributed by atoms with Crippen LogP contribution in [0.2, 0.25) is 0 Å². The predicted molar refractivity (Wildman–Crippen MR) is 89.3 cm³/mol. The van der Waals surface area contributed by atoms with Crippen LogP contribution >= 0.6 is 0 Å². The Balaban J connectivity index is 1.79. The summed E-state index contributed by atoms with van der Waals surface area (Å²) in [5.74, 6) is 0.211. The van der Waals surface area contributed by atoms with Crippen molar-refractivity contribution in [3.05, 3.63) is 18.0 Å². The fraction of sp³-hybridized carbons (Fsp3) is 0.778. The van der Waals surface area contributed by atoms with Crippen molar-refractivity contribution in [3.63, 3.8) is 0 Å². The molecule has 2 aliphatic rings. The second kappa shape index (κ2) is 6.27. The minimum atomic E-state index is -0.650. The van der Waals surface area contributed by atoms with Crippen LogP contribution in [0.25, 0.3) is 0 Å². The fourth-order valence-corrected chi connectivity index (χ4v) is 4.30. The highest BCUT2D eigenvalue weighted by Gasteiger charge is 2.45. The summed E-state index contributed by atoms with van der Waals surface area (Å²) < 4.78 is 1.83. The van der Waals surface area contributed by atoms with Gasteiger partial charge >= 0.3 is 0 Å². The molecular formula is C18H29N3O2. The molecule has 5 heteroatoms. The number of hydrogen-bond donors (Lipinski definition) is 1. The number of aromatic nitrogens is 2. The summed E-state index contributed by atoms with van der Waals surface area (Å²) in [4.78, 5) is 14.9. The van der Waals surface area contributed by atoms with Gasteiger partial charge in [-0.25, -0.2) is 0 Å². The van der Waals surface area contributed by atoms with Crippen molar-refractivity contribution >= 4 is 5.91 Å². The van der Waals surface area contributed by atoms with Gasteiger partial charge in [-0.3, -0.25) is 9.48 Å². The quantitative estimate of drug-likeness (QED) is 0.931. The Kier molecular flexibility index (Phi) is 4.50. The van der Waals surface area contributed by atoms with Crippen LogP contribution in [0.3, 0.4) is 0 Å². The van der Waals surface area contributed by atoms with Gasteiger partial charge in [0.15, 0.2) is 0 Å². The van der Waals surface area contributed by atoms with Crippen molar-refractivity contribution in [1.82, 2.24) is 14.7 Å². The van der Waals surface area contributed by atoms with Crippen LogP contribution in [0.15, 0.2) is 12.3 Å². The van der Waals surface area contributed by atoms with Gasteiger partial charge in [-0.05, 0) is 52.5 Å². The zero-order chi connectivity index (χ0) is 16.6. The van der Waals surface area contributed by atoms with Gasteiger partial charge < -0.3 is 10.0 Å². The maximum atomic E-state index is 12.9. The molecule has 2 heterocycles. The standard InChI is InChI=1S/C18H29N3O2/c1-13(2)21-12-9-15(19-21)17(22)20-11-6-8-16(20)14-7-4-5-10-18(14,3)23/h9,12-14,16,23H,4-8,10-11H2,1-3H3. The van der Waals surface area contributed by atoms with Gasteiger partial charge in [0, 0.05) is 30.7 Å². The van der Waals surface area contributed by atoms with E-state index >= 15 is 0 Å². The predicted octanol–water partition coefficient (Wildman–Crippen LogP) is 3.01. The van der Waals surface area contributed by atoms with E-state index in [2.05, 4.69) is 18.9 Å². The molecular weight excluding hydrogens is 290 g/mol. The average Bonchev–Trinajstić information content (AvgIpc) is 3.15. The lowest BCUT2D eigenvalue weighted by molar-refractivity contribution is -0.0578. The molecule has 1 aliphatic heterocycles. The molecule has 2 fully saturated rings. The van der Waals surface area contributed by atoms with Crippen molar-refractivity contribution in [2.75, 3.05) is 6.54 Å². The molecule has 3 atom stereocenters. The normalized spacial score (nSPS) is 31.8. The summed E-state index contributed by atoms with van der Waals surface area (Å²) in [6.07, 6.45) is 8.00. The largest absolute Gasteiger partial charge is 0.390 e. The van der Waals surface area contributed by atoms with Crippen LogP contribution in [-0.2, 0) is 0 Å². The Hall–Kier alpha value is -1.36. The molecule has 23 heavy (non-hydrogen) atoms. The van der Waals surface area contributed by atoms with Gasteiger partial charge in [0.2, 0.25) is 0 Å². The van der Waals surface area contributed by atoms with E-state index in [0.29, 0.717) is 5.69 Å². The van der Waals surface area contributed by atoms with Crippen LogP contribution < -0.4 is 0 Å². The van der Waals surface area contributed by atoms with Crippen molar-refractivity contribution in [3.8, 4) is 0 Å². The number of amides is 1. The number of aliphatic hydroxyl groups is 1. The minimum Gasteiger partial charge on any atom is -0.390 e. The Morgan fingerprint density at radius 1 is 1.35 bits per heavy atom. The van der Waals surface area contributed by atoms with Crippen LogP contribution in [0, 0.1) is 5.92 Å². The SMILES string of the molecule is CC(C)n1ccc(C(=O)N2CCCC2C2CCCCC2(C)O)n1. The topological polar surface area (TPSA) is 58.4 Å². The van der Waals surface area contributed by atoms with E-state index in [4.69, 9.17) is 0 Å². The Bertz CT molecular complexity index is 564.